The molecule has 0 unspecified atom stereocenters. The van der Waals surface area contributed by atoms with Crippen LogP contribution in [0.3, 0.4) is 0 Å². The summed E-state index contributed by atoms with van der Waals surface area (Å²) in [6.45, 7) is 1.95. The zero-order valence-corrected chi connectivity index (χ0v) is 12.2. The molecule has 1 amide bonds. The number of rotatable bonds is 5. The largest absolute Gasteiger partial charge is 0.477 e. The van der Waals surface area contributed by atoms with Crippen LogP contribution in [0.1, 0.15) is 16.1 Å². The SMILES string of the molecule is Cc1cccc(NC(=O)CSc2ccnc(C(=O)O)c2)c1. The Morgan fingerprint density at radius 1 is 1.29 bits per heavy atom. The molecule has 0 aliphatic carbocycles. The summed E-state index contributed by atoms with van der Waals surface area (Å²) >= 11 is 1.27. The molecule has 0 saturated heterocycles. The Balaban J connectivity index is 1.92. The fraction of sp³-hybridized carbons (Fsp3) is 0.133. The molecule has 0 spiro atoms. The van der Waals surface area contributed by atoms with E-state index in [1.165, 1.54) is 24.0 Å². The lowest BCUT2D eigenvalue weighted by molar-refractivity contribution is -0.113. The summed E-state index contributed by atoms with van der Waals surface area (Å²) in [7, 11) is 0. The monoisotopic (exact) mass is 302 g/mol. The van der Waals surface area contributed by atoms with Gasteiger partial charge < -0.3 is 10.4 Å². The molecule has 0 atom stereocenters. The van der Waals surface area contributed by atoms with Gasteiger partial charge in [-0.25, -0.2) is 9.78 Å². The Labute approximate surface area is 126 Å². The van der Waals surface area contributed by atoms with Crippen molar-refractivity contribution in [1.82, 2.24) is 4.98 Å². The maximum atomic E-state index is 11.9. The Hall–Kier alpha value is -2.34. The van der Waals surface area contributed by atoms with E-state index in [0.29, 0.717) is 4.90 Å². The van der Waals surface area contributed by atoms with Crippen molar-refractivity contribution in [3.63, 3.8) is 0 Å². The Bertz CT molecular complexity index is 673. The topological polar surface area (TPSA) is 79.3 Å². The van der Waals surface area contributed by atoms with Crippen molar-refractivity contribution in [2.24, 2.45) is 0 Å². The van der Waals surface area contributed by atoms with Crippen molar-refractivity contribution >= 4 is 29.3 Å². The van der Waals surface area contributed by atoms with Crippen LogP contribution in [0.5, 0.6) is 0 Å². The average Bonchev–Trinajstić information content (AvgIpc) is 2.45. The molecule has 108 valence electrons. The van der Waals surface area contributed by atoms with Crippen molar-refractivity contribution in [3.8, 4) is 0 Å². The number of anilines is 1. The van der Waals surface area contributed by atoms with Gasteiger partial charge in [0.1, 0.15) is 5.69 Å². The van der Waals surface area contributed by atoms with Gasteiger partial charge >= 0.3 is 5.97 Å². The number of nitrogens with zero attached hydrogens (tertiary/aromatic N) is 1. The minimum absolute atomic E-state index is 0.0286. The second-order valence-corrected chi connectivity index (χ2v) is 5.44. The van der Waals surface area contributed by atoms with Gasteiger partial charge in [-0.2, -0.15) is 0 Å². The van der Waals surface area contributed by atoms with Gasteiger partial charge in [0.05, 0.1) is 5.75 Å². The summed E-state index contributed by atoms with van der Waals surface area (Å²) in [5.41, 5.74) is 1.79. The van der Waals surface area contributed by atoms with E-state index in [9.17, 15) is 9.59 Å². The van der Waals surface area contributed by atoms with E-state index in [-0.39, 0.29) is 17.4 Å². The van der Waals surface area contributed by atoms with Crippen molar-refractivity contribution in [1.29, 1.82) is 0 Å². The number of benzene rings is 1. The molecule has 21 heavy (non-hydrogen) atoms. The van der Waals surface area contributed by atoms with E-state index in [0.717, 1.165) is 11.3 Å². The lowest BCUT2D eigenvalue weighted by atomic mass is 10.2. The molecule has 1 aromatic carbocycles. The van der Waals surface area contributed by atoms with E-state index in [1.54, 1.807) is 6.07 Å². The number of carboxylic acids is 1. The number of aromatic carboxylic acids is 1. The van der Waals surface area contributed by atoms with Crippen LogP contribution in [0.4, 0.5) is 5.69 Å². The quantitative estimate of drug-likeness (QED) is 0.830. The highest BCUT2D eigenvalue weighted by Crippen LogP contribution is 2.18. The van der Waals surface area contributed by atoms with E-state index in [4.69, 9.17) is 5.11 Å². The van der Waals surface area contributed by atoms with Crippen LogP contribution in [-0.2, 0) is 4.79 Å². The van der Waals surface area contributed by atoms with E-state index in [2.05, 4.69) is 10.3 Å². The highest BCUT2D eigenvalue weighted by Gasteiger charge is 2.07. The average molecular weight is 302 g/mol. The van der Waals surface area contributed by atoms with Crippen LogP contribution in [0.25, 0.3) is 0 Å². The third-order valence-electron chi connectivity index (χ3n) is 2.62. The summed E-state index contributed by atoms with van der Waals surface area (Å²) in [5.74, 6) is -1.02. The second kappa shape index (κ2) is 6.90. The molecule has 0 aliphatic rings. The number of carbonyl (C=O) groups is 2. The first-order valence-electron chi connectivity index (χ1n) is 6.23. The normalized spacial score (nSPS) is 10.1. The number of carboxylic acid groups (broad SMARTS) is 1. The standard InChI is InChI=1S/C15H14N2O3S/c1-10-3-2-4-11(7-10)17-14(18)9-21-12-5-6-16-13(8-12)15(19)20/h2-8H,9H2,1H3,(H,17,18)(H,19,20). The number of carbonyl (C=O) groups excluding carboxylic acids is 1. The Morgan fingerprint density at radius 2 is 2.10 bits per heavy atom. The van der Waals surface area contributed by atoms with Gasteiger partial charge in [-0.3, -0.25) is 4.79 Å². The van der Waals surface area contributed by atoms with Gasteiger partial charge in [0.2, 0.25) is 5.91 Å². The lowest BCUT2D eigenvalue weighted by Crippen LogP contribution is -2.14. The van der Waals surface area contributed by atoms with Crippen LogP contribution < -0.4 is 5.32 Å². The Morgan fingerprint density at radius 3 is 2.81 bits per heavy atom. The lowest BCUT2D eigenvalue weighted by Gasteiger charge is -2.06. The van der Waals surface area contributed by atoms with Crippen LogP contribution >= 0.6 is 11.8 Å². The minimum atomic E-state index is -1.08. The Kier molecular flexibility index (Phi) is 4.94. The third-order valence-corrected chi connectivity index (χ3v) is 3.62. The number of nitrogens with one attached hydrogen (secondary N) is 1. The zero-order valence-electron chi connectivity index (χ0n) is 11.4. The molecule has 2 N–H and O–H groups in total. The van der Waals surface area contributed by atoms with Gasteiger partial charge in [-0.15, -0.1) is 11.8 Å². The zero-order chi connectivity index (χ0) is 15.2. The maximum Gasteiger partial charge on any atom is 0.354 e. The third kappa shape index (κ3) is 4.61. The minimum Gasteiger partial charge on any atom is -0.477 e. The first-order valence-corrected chi connectivity index (χ1v) is 7.22. The summed E-state index contributed by atoms with van der Waals surface area (Å²) in [4.78, 5) is 27.1. The molecule has 0 bridgehead atoms. The molecule has 1 aromatic heterocycles. The first kappa shape index (κ1) is 15.1. The number of thioether (sulfide) groups is 1. The number of hydrogen-bond acceptors (Lipinski definition) is 4. The van der Waals surface area contributed by atoms with Crippen LogP contribution in [0, 0.1) is 6.92 Å². The molecule has 0 aliphatic heterocycles. The van der Waals surface area contributed by atoms with Gasteiger partial charge in [0, 0.05) is 16.8 Å². The number of aromatic nitrogens is 1. The van der Waals surface area contributed by atoms with Crippen LogP contribution in [0.2, 0.25) is 0 Å². The molecule has 5 nitrogen and oxygen atoms in total. The number of pyridine rings is 1. The van der Waals surface area contributed by atoms with Gasteiger partial charge in [0.25, 0.3) is 0 Å². The number of aryl methyl sites for hydroxylation is 1. The van der Waals surface area contributed by atoms with Crippen molar-refractivity contribution in [2.75, 3.05) is 11.1 Å². The molecule has 0 radical (unpaired) electrons. The van der Waals surface area contributed by atoms with Crippen LogP contribution in [0.15, 0.2) is 47.5 Å². The van der Waals surface area contributed by atoms with Crippen LogP contribution in [-0.4, -0.2) is 27.7 Å². The molecule has 1 heterocycles. The predicted molar refractivity (Wildman–Crippen MR) is 81.7 cm³/mol. The van der Waals surface area contributed by atoms with Crippen molar-refractivity contribution in [2.45, 2.75) is 11.8 Å². The second-order valence-electron chi connectivity index (χ2n) is 4.39. The van der Waals surface area contributed by atoms with Crippen molar-refractivity contribution < 1.29 is 14.7 Å². The summed E-state index contributed by atoms with van der Waals surface area (Å²) in [5, 5.41) is 11.7. The highest BCUT2D eigenvalue weighted by atomic mass is 32.2. The molecule has 2 rings (SSSR count). The van der Waals surface area contributed by atoms with E-state index in [1.807, 2.05) is 31.2 Å². The first-order chi connectivity index (χ1) is 10.0. The molecule has 6 heteroatoms. The van der Waals surface area contributed by atoms with Gasteiger partial charge in [-0.05, 0) is 36.8 Å². The molecular weight excluding hydrogens is 288 g/mol. The van der Waals surface area contributed by atoms with Gasteiger partial charge in [0.15, 0.2) is 0 Å². The van der Waals surface area contributed by atoms with E-state index < -0.39 is 5.97 Å². The maximum absolute atomic E-state index is 11.9. The molecule has 0 fully saturated rings. The summed E-state index contributed by atoms with van der Waals surface area (Å²) in [6.07, 6.45) is 1.42. The summed E-state index contributed by atoms with van der Waals surface area (Å²) < 4.78 is 0. The molecule has 0 saturated carbocycles. The number of hydrogen-bond donors (Lipinski definition) is 2. The van der Waals surface area contributed by atoms with Crippen molar-refractivity contribution in [3.05, 3.63) is 53.9 Å². The molecular formula is C15H14N2O3S. The summed E-state index contributed by atoms with van der Waals surface area (Å²) in [6, 6.07) is 10.7. The highest BCUT2D eigenvalue weighted by molar-refractivity contribution is 8.00. The van der Waals surface area contributed by atoms with Gasteiger partial charge in [-0.1, -0.05) is 12.1 Å². The fourth-order valence-corrected chi connectivity index (χ4v) is 2.41. The number of amides is 1. The fourth-order valence-electron chi connectivity index (χ4n) is 1.69. The smallest absolute Gasteiger partial charge is 0.354 e. The molecule has 2 aromatic rings. The van der Waals surface area contributed by atoms with E-state index >= 15 is 0 Å². The predicted octanol–water partition coefficient (Wildman–Crippen LogP) is 2.82.